The summed E-state index contributed by atoms with van der Waals surface area (Å²) in [5.41, 5.74) is 1.73. The molecule has 0 aliphatic carbocycles. The average molecular weight is 436 g/mol. The van der Waals surface area contributed by atoms with E-state index < -0.39 is 0 Å². The predicted octanol–water partition coefficient (Wildman–Crippen LogP) is 4.93. The molecule has 2 aromatic rings. The lowest BCUT2D eigenvalue weighted by atomic mass is 10.2. The first-order chi connectivity index (χ1) is 13.5. The van der Waals surface area contributed by atoms with E-state index in [4.69, 9.17) is 23.2 Å². The molecule has 0 atom stereocenters. The zero-order chi connectivity index (χ0) is 19.7. The van der Waals surface area contributed by atoms with Crippen molar-refractivity contribution in [3.05, 3.63) is 68.8 Å². The Morgan fingerprint density at radius 3 is 2.36 bits per heavy atom. The second-order valence-electron chi connectivity index (χ2n) is 6.43. The number of thioether (sulfide) groups is 1. The van der Waals surface area contributed by atoms with Gasteiger partial charge >= 0.3 is 0 Å². The van der Waals surface area contributed by atoms with Gasteiger partial charge in [0.2, 0.25) is 0 Å². The summed E-state index contributed by atoms with van der Waals surface area (Å²) < 4.78 is 13.1. The van der Waals surface area contributed by atoms with Gasteiger partial charge in [0.1, 0.15) is 5.82 Å². The maximum atomic E-state index is 13.1. The molecule has 1 fully saturated rings. The van der Waals surface area contributed by atoms with E-state index in [9.17, 15) is 9.18 Å². The Hall–Kier alpha value is -2.02. The van der Waals surface area contributed by atoms with Crippen molar-refractivity contribution in [2.24, 2.45) is 4.99 Å². The molecular weight excluding hydrogens is 420 g/mol. The Morgan fingerprint density at radius 1 is 1.00 bits per heavy atom. The van der Waals surface area contributed by atoms with Crippen LogP contribution in [0.3, 0.4) is 0 Å². The summed E-state index contributed by atoms with van der Waals surface area (Å²) in [7, 11) is 0. The summed E-state index contributed by atoms with van der Waals surface area (Å²) in [5.74, 6) is -0.496. The molecule has 4 rings (SSSR count). The van der Waals surface area contributed by atoms with E-state index in [2.05, 4.69) is 14.8 Å². The predicted molar refractivity (Wildman–Crippen MR) is 115 cm³/mol. The van der Waals surface area contributed by atoms with Crippen molar-refractivity contribution in [3.8, 4) is 0 Å². The molecule has 2 heterocycles. The number of carbonyl (C=O) groups excluding carboxylic acids is 1. The van der Waals surface area contributed by atoms with E-state index >= 15 is 0 Å². The second-order valence-corrected chi connectivity index (χ2v) is 8.28. The molecule has 0 saturated carbocycles. The zero-order valence-corrected chi connectivity index (χ0v) is 17.1. The summed E-state index contributed by atoms with van der Waals surface area (Å²) in [6, 6.07) is 11.7. The van der Waals surface area contributed by atoms with Crippen LogP contribution in [-0.4, -0.2) is 42.2 Å². The van der Waals surface area contributed by atoms with Crippen LogP contribution < -0.4 is 4.90 Å². The molecule has 0 unspecified atom stereocenters. The number of halogens is 3. The minimum atomic E-state index is -0.257. The molecule has 4 nitrogen and oxygen atoms in total. The van der Waals surface area contributed by atoms with Crippen molar-refractivity contribution >= 4 is 57.8 Å². The van der Waals surface area contributed by atoms with E-state index in [1.807, 2.05) is 0 Å². The van der Waals surface area contributed by atoms with E-state index in [0.29, 0.717) is 20.1 Å². The Morgan fingerprint density at radius 2 is 1.68 bits per heavy atom. The van der Waals surface area contributed by atoms with Gasteiger partial charge in [0.25, 0.3) is 5.91 Å². The number of rotatable bonds is 2. The summed E-state index contributed by atoms with van der Waals surface area (Å²) in [6.45, 7) is 3.04. The minimum Gasteiger partial charge on any atom is -0.368 e. The number of benzene rings is 2. The van der Waals surface area contributed by atoms with Crippen LogP contribution in [0.15, 0.2) is 52.4 Å². The van der Waals surface area contributed by atoms with Crippen LogP contribution in [0.2, 0.25) is 10.0 Å². The van der Waals surface area contributed by atoms with Crippen molar-refractivity contribution in [1.82, 2.24) is 4.90 Å². The van der Waals surface area contributed by atoms with Gasteiger partial charge in [0, 0.05) is 41.9 Å². The summed E-state index contributed by atoms with van der Waals surface area (Å²) >= 11 is 13.5. The fraction of sp³-hybridized carbons (Fsp3) is 0.200. The van der Waals surface area contributed by atoms with Crippen molar-refractivity contribution in [3.63, 3.8) is 0 Å². The van der Waals surface area contributed by atoms with E-state index in [-0.39, 0.29) is 11.7 Å². The van der Waals surface area contributed by atoms with Crippen molar-refractivity contribution in [1.29, 1.82) is 0 Å². The third-order valence-corrected chi connectivity index (χ3v) is 6.21. The molecule has 0 radical (unpaired) electrons. The number of piperazine rings is 1. The van der Waals surface area contributed by atoms with Gasteiger partial charge < -0.3 is 9.80 Å². The number of hydrogen-bond acceptors (Lipinski definition) is 4. The van der Waals surface area contributed by atoms with Gasteiger partial charge in [-0.1, -0.05) is 29.3 Å². The lowest BCUT2D eigenvalue weighted by Gasteiger charge is -2.36. The lowest BCUT2D eigenvalue weighted by molar-refractivity contribution is -0.113. The highest BCUT2D eigenvalue weighted by molar-refractivity contribution is 8.18. The first kappa shape index (κ1) is 19.3. The van der Waals surface area contributed by atoms with Gasteiger partial charge in [-0.3, -0.25) is 4.79 Å². The molecule has 2 aliphatic heterocycles. The topological polar surface area (TPSA) is 35.9 Å². The van der Waals surface area contributed by atoms with E-state index in [1.165, 1.54) is 23.9 Å². The lowest BCUT2D eigenvalue weighted by Crippen LogP contribution is -2.47. The molecule has 0 spiro atoms. The fourth-order valence-electron chi connectivity index (χ4n) is 3.10. The molecule has 28 heavy (non-hydrogen) atoms. The number of carbonyl (C=O) groups is 1. The van der Waals surface area contributed by atoms with Crippen LogP contribution >= 0.6 is 35.0 Å². The standard InChI is InChI=1S/C20H16Cl2FN3OS/c21-14-2-1-13(17(22)12-14)11-18-19(27)24-20(28-18)26-9-7-25(8-10-26)16-5-3-15(23)4-6-16/h1-6,11-12H,7-10H2/b18-11-. The molecule has 144 valence electrons. The van der Waals surface area contributed by atoms with Gasteiger partial charge in [-0.2, -0.15) is 4.99 Å². The normalized spacial score (nSPS) is 18.8. The third kappa shape index (κ3) is 4.19. The van der Waals surface area contributed by atoms with Crippen molar-refractivity contribution in [2.75, 3.05) is 31.1 Å². The minimum absolute atomic E-state index is 0.238. The number of aliphatic imine (C=N–C) groups is 1. The first-order valence-corrected chi connectivity index (χ1v) is 10.3. The van der Waals surface area contributed by atoms with Gasteiger partial charge in [0.05, 0.1) is 4.91 Å². The first-order valence-electron chi connectivity index (χ1n) is 8.73. The molecule has 2 aliphatic rings. The van der Waals surface area contributed by atoms with Crippen LogP contribution in [0.25, 0.3) is 6.08 Å². The molecule has 0 aromatic heterocycles. The van der Waals surface area contributed by atoms with Crippen LogP contribution in [0.5, 0.6) is 0 Å². The van der Waals surface area contributed by atoms with Crippen LogP contribution in [0, 0.1) is 5.82 Å². The number of nitrogens with zero attached hydrogens (tertiary/aromatic N) is 3. The van der Waals surface area contributed by atoms with Crippen LogP contribution in [0.1, 0.15) is 5.56 Å². The highest BCUT2D eigenvalue weighted by Crippen LogP contribution is 2.33. The summed E-state index contributed by atoms with van der Waals surface area (Å²) in [4.78, 5) is 21.4. The van der Waals surface area contributed by atoms with Gasteiger partial charge in [0.15, 0.2) is 5.17 Å². The average Bonchev–Trinajstić information content (AvgIpc) is 3.05. The molecule has 1 saturated heterocycles. The highest BCUT2D eigenvalue weighted by Gasteiger charge is 2.28. The molecule has 0 N–H and O–H groups in total. The third-order valence-electron chi connectivity index (χ3n) is 4.60. The smallest absolute Gasteiger partial charge is 0.286 e. The van der Waals surface area contributed by atoms with Crippen molar-refractivity contribution in [2.45, 2.75) is 0 Å². The molecule has 8 heteroatoms. The summed E-state index contributed by atoms with van der Waals surface area (Å²) in [6.07, 6.45) is 1.75. The van der Waals surface area contributed by atoms with E-state index in [0.717, 1.165) is 37.4 Å². The number of anilines is 1. The molecule has 1 amide bonds. The van der Waals surface area contributed by atoms with E-state index in [1.54, 1.807) is 36.4 Å². The Balaban J connectivity index is 1.41. The largest absolute Gasteiger partial charge is 0.368 e. The maximum absolute atomic E-state index is 13.1. The Kier molecular flexibility index (Phi) is 5.62. The Labute approximate surface area is 176 Å². The van der Waals surface area contributed by atoms with Crippen LogP contribution in [0.4, 0.5) is 10.1 Å². The quantitative estimate of drug-likeness (QED) is 0.626. The van der Waals surface area contributed by atoms with Gasteiger partial charge in [-0.15, -0.1) is 0 Å². The SMILES string of the molecule is O=C1N=C(N2CCN(c3ccc(F)cc3)CC2)S/C1=C\c1ccc(Cl)cc1Cl. The second kappa shape index (κ2) is 8.15. The van der Waals surface area contributed by atoms with Crippen LogP contribution in [-0.2, 0) is 4.79 Å². The number of amides is 1. The Bertz CT molecular complexity index is 970. The fourth-order valence-corrected chi connectivity index (χ4v) is 4.52. The monoisotopic (exact) mass is 435 g/mol. The summed E-state index contributed by atoms with van der Waals surface area (Å²) in [5, 5.41) is 1.75. The van der Waals surface area contributed by atoms with Gasteiger partial charge in [-0.25, -0.2) is 4.39 Å². The van der Waals surface area contributed by atoms with Gasteiger partial charge in [-0.05, 0) is 59.8 Å². The molecular formula is C20H16Cl2FN3OS. The highest BCUT2D eigenvalue weighted by atomic mass is 35.5. The molecule has 0 bridgehead atoms. The zero-order valence-electron chi connectivity index (χ0n) is 14.7. The van der Waals surface area contributed by atoms with Crippen molar-refractivity contribution < 1.29 is 9.18 Å². The maximum Gasteiger partial charge on any atom is 0.286 e. The number of hydrogen-bond donors (Lipinski definition) is 0. The number of amidine groups is 1. The molecule has 2 aromatic carbocycles.